The van der Waals surface area contributed by atoms with E-state index in [1.807, 2.05) is 0 Å². The summed E-state index contributed by atoms with van der Waals surface area (Å²) < 4.78 is 21.6. The molecule has 1 heterocycles. The van der Waals surface area contributed by atoms with Gasteiger partial charge in [-0.2, -0.15) is 0 Å². The molecule has 2 aliphatic rings. The van der Waals surface area contributed by atoms with Gasteiger partial charge in [-0.05, 0) is 48.9 Å². The van der Waals surface area contributed by atoms with Crippen LogP contribution in [0.4, 0.5) is 0 Å². The zero-order valence-corrected chi connectivity index (χ0v) is 19.0. The average Bonchev–Trinajstić information content (AvgIpc) is 3.13. The van der Waals surface area contributed by atoms with Crippen LogP contribution in [0.1, 0.15) is 30.1 Å². The molecule has 1 aromatic carbocycles. The van der Waals surface area contributed by atoms with Crippen LogP contribution in [-0.2, 0) is 23.7 Å². The van der Waals surface area contributed by atoms with Crippen LogP contribution in [0.15, 0.2) is 24.3 Å². The van der Waals surface area contributed by atoms with Crippen LogP contribution >= 0.6 is 0 Å². The van der Waals surface area contributed by atoms with Crippen molar-refractivity contribution < 1.29 is 54.1 Å². The van der Waals surface area contributed by atoms with Crippen LogP contribution in [0.5, 0.6) is 5.75 Å². The monoisotopic (exact) mass is 484 g/mol. The first-order chi connectivity index (χ1) is 16.2. The van der Waals surface area contributed by atoms with Crippen molar-refractivity contribution in [3.05, 3.63) is 29.8 Å². The highest BCUT2D eigenvalue weighted by Gasteiger charge is 2.50. The van der Waals surface area contributed by atoms with Crippen LogP contribution in [-0.4, -0.2) is 94.6 Å². The van der Waals surface area contributed by atoms with Gasteiger partial charge in [-0.3, -0.25) is 4.79 Å². The van der Waals surface area contributed by atoms with E-state index in [2.05, 4.69) is 0 Å². The van der Waals surface area contributed by atoms with Crippen LogP contribution < -0.4 is 0 Å². The minimum absolute atomic E-state index is 0.0171. The Morgan fingerprint density at radius 3 is 2.38 bits per heavy atom. The van der Waals surface area contributed by atoms with Crippen LogP contribution in [0.25, 0.3) is 0 Å². The van der Waals surface area contributed by atoms with E-state index < -0.39 is 61.3 Å². The number of methoxy groups -OCH3 is 1. The molecule has 1 saturated heterocycles. The van der Waals surface area contributed by atoms with E-state index in [1.165, 1.54) is 31.4 Å². The summed E-state index contributed by atoms with van der Waals surface area (Å²) in [6, 6.07) is 5.37. The van der Waals surface area contributed by atoms with Crippen molar-refractivity contribution >= 4 is 11.9 Å². The summed E-state index contributed by atoms with van der Waals surface area (Å²) in [6.45, 7) is 1.25. The van der Waals surface area contributed by atoms with E-state index in [0.717, 1.165) is 0 Å². The number of benzene rings is 1. The van der Waals surface area contributed by atoms with Gasteiger partial charge in [0.15, 0.2) is 6.29 Å². The molecule has 2 fully saturated rings. The summed E-state index contributed by atoms with van der Waals surface area (Å²) in [7, 11) is 1.29. The van der Waals surface area contributed by atoms with Gasteiger partial charge in [0.05, 0.1) is 24.7 Å². The first kappa shape index (κ1) is 26.3. The molecule has 0 radical (unpaired) electrons. The van der Waals surface area contributed by atoms with Crippen molar-refractivity contribution in [2.75, 3.05) is 20.3 Å². The summed E-state index contributed by atoms with van der Waals surface area (Å²) in [5.74, 6) is -2.20. The maximum Gasteiger partial charge on any atom is 0.338 e. The van der Waals surface area contributed by atoms with Gasteiger partial charge in [0.1, 0.15) is 36.8 Å². The van der Waals surface area contributed by atoms with E-state index in [9.17, 15) is 35.1 Å². The molecule has 5 N–H and O–H groups in total. The number of carbonyl (C=O) groups is 2. The minimum atomic E-state index is -1.63. The fourth-order valence-electron chi connectivity index (χ4n) is 4.68. The molecule has 1 aliphatic carbocycles. The Labute approximate surface area is 196 Å². The number of rotatable bonds is 8. The fraction of sp³-hybridized carbons (Fsp3) is 0.652. The van der Waals surface area contributed by atoms with Gasteiger partial charge < -0.3 is 44.5 Å². The van der Waals surface area contributed by atoms with Crippen molar-refractivity contribution in [1.82, 2.24) is 0 Å². The first-order valence-electron chi connectivity index (χ1n) is 11.2. The summed E-state index contributed by atoms with van der Waals surface area (Å²) in [6.07, 6.45) is -7.09. The Balaban J connectivity index is 1.65. The summed E-state index contributed by atoms with van der Waals surface area (Å²) >= 11 is 0. The van der Waals surface area contributed by atoms with Gasteiger partial charge in [-0.25, -0.2) is 4.79 Å². The van der Waals surface area contributed by atoms with Gasteiger partial charge in [0.25, 0.3) is 0 Å². The number of aliphatic hydroxyl groups is 4. The lowest BCUT2D eigenvalue weighted by Crippen LogP contribution is -2.60. The predicted molar refractivity (Wildman–Crippen MR) is 114 cm³/mol. The Kier molecular flexibility index (Phi) is 8.85. The topological polar surface area (TPSA) is 172 Å². The van der Waals surface area contributed by atoms with Gasteiger partial charge in [-0.1, -0.05) is 6.92 Å². The van der Waals surface area contributed by atoms with Crippen molar-refractivity contribution in [2.24, 2.45) is 17.8 Å². The molecule has 190 valence electrons. The summed E-state index contributed by atoms with van der Waals surface area (Å²) in [4.78, 5) is 24.5. The lowest BCUT2D eigenvalue weighted by molar-refractivity contribution is -0.313. The average molecular weight is 484 g/mol. The van der Waals surface area contributed by atoms with Crippen molar-refractivity contribution in [3.63, 3.8) is 0 Å². The third kappa shape index (κ3) is 5.68. The zero-order chi connectivity index (χ0) is 25.0. The molecule has 1 aliphatic heterocycles. The number of phenols is 1. The number of phenolic OH excluding ortho intramolecular Hbond substituents is 1. The van der Waals surface area contributed by atoms with E-state index in [-0.39, 0.29) is 29.8 Å². The Bertz CT molecular complexity index is 829. The zero-order valence-electron chi connectivity index (χ0n) is 19.0. The number of hydrogen-bond donors (Lipinski definition) is 5. The van der Waals surface area contributed by atoms with Crippen molar-refractivity contribution in [1.29, 1.82) is 0 Å². The van der Waals surface area contributed by atoms with E-state index in [1.54, 1.807) is 6.92 Å². The van der Waals surface area contributed by atoms with Crippen molar-refractivity contribution in [2.45, 2.75) is 56.6 Å². The Morgan fingerprint density at radius 1 is 1.09 bits per heavy atom. The Morgan fingerprint density at radius 2 is 1.76 bits per heavy atom. The molecule has 0 spiro atoms. The number of esters is 2. The molecule has 9 atom stereocenters. The number of aromatic hydroxyl groups is 1. The molecule has 0 unspecified atom stereocenters. The number of carbonyl (C=O) groups excluding carboxylic acids is 2. The van der Waals surface area contributed by atoms with Crippen LogP contribution in [0.3, 0.4) is 0 Å². The second-order valence-electron chi connectivity index (χ2n) is 8.75. The normalized spacial score (nSPS) is 35.6. The second kappa shape index (κ2) is 11.4. The lowest BCUT2D eigenvalue weighted by Gasteiger charge is -2.41. The molecule has 1 aromatic rings. The minimum Gasteiger partial charge on any atom is -0.508 e. The SMILES string of the molecule is COC(=O)[C@@H]1[C@@H](CCO)C[C@H](O[C@H]2O[C@H](COC(=O)c3ccc(O)cc3)[C@H](O)[C@@H](O)[C@H]2O)[C@H]1C. The summed E-state index contributed by atoms with van der Waals surface area (Å²) in [5, 5.41) is 49.7. The molecule has 11 heteroatoms. The molecule has 0 amide bonds. The highest BCUT2D eigenvalue weighted by Crippen LogP contribution is 2.42. The summed E-state index contributed by atoms with van der Waals surface area (Å²) in [5.41, 5.74) is 0.167. The molecular weight excluding hydrogens is 452 g/mol. The van der Waals surface area contributed by atoms with Crippen LogP contribution in [0.2, 0.25) is 0 Å². The second-order valence-corrected chi connectivity index (χ2v) is 8.75. The molecule has 34 heavy (non-hydrogen) atoms. The van der Waals surface area contributed by atoms with Crippen molar-refractivity contribution in [3.8, 4) is 5.75 Å². The maximum absolute atomic E-state index is 12.3. The quantitative estimate of drug-likeness (QED) is 0.303. The van der Waals surface area contributed by atoms with Gasteiger partial charge in [-0.15, -0.1) is 0 Å². The number of aliphatic hydroxyl groups excluding tert-OH is 4. The third-order valence-corrected chi connectivity index (χ3v) is 6.63. The van der Waals surface area contributed by atoms with Gasteiger partial charge in [0.2, 0.25) is 0 Å². The molecule has 3 rings (SSSR count). The standard InChI is InChI=1S/C23H32O11/c1-11-15(9-13(7-8-24)17(11)22(30)31-2)33-23-20(28)19(27)18(26)16(34-23)10-32-21(29)12-3-5-14(25)6-4-12/h3-6,11,13,15-20,23-28H,7-10H2,1-2H3/t11-,13+,15+,16-,17+,18+,19-,20-,23+/m1/s1. The smallest absolute Gasteiger partial charge is 0.338 e. The van der Waals surface area contributed by atoms with Gasteiger partial charge >= 0.3 is 11.9 Å². The largest absolute Gasteiger partial charge is 0.508 e. The van der Waals surface area contributed by atoms with Crippen LogP contribution in [0, 0.1) is 17.8 Å². The highest BCUT2D eigenvalue weighted by atomic mass is 16.7. The van der Waals surface area contributed by atoms with E-state index in [4.69, 9.17) is 18.9 Å². The lowest BCUT2D eigenvalue weighted by atomic mass is 9.88. The highest BCUT2D eigenvalue weighted by molar-refractivity contribution is 5.89. The number of ether oxygens (including phenoxy) is 4. The molecular formula is C23H32O11. The molecule has 0 aromatic heterocycles. The first-order valence-corrected chi connectivity index (χ1v) is 11.2. The Hall–Kier alpha value is -2.28. The maximum atomic E-state index is 12.3. The molecule has 1 saturated carbocycles. The third-order valence-electron chi connectivity index (χ3n) is 6.63. The fourth-order valence-corrected chi connectivity index (χ4v) is 4.68. The predicted octanol–water partition coefficient (Wildman–Crippen LogP) is -0.431. The van der Waals surface area contributed by atoms with E-state index in [0.29, 0.717) is 12.8 Å². The van der Waals surface area contributed by atoms with Gasteiger partial charge in [0, 0.05) is 6.61 Å². The number of hydrogen-bond acceptors (Lipinski definition) is 11. The molecule has 11 nitrogen and oxygen atoms in total. The van der Waals surface area contributed by atoms with E-state index >= 15 is 0 Å². The molecule has 0 bridgehead atoms.